The summed E-state index contributed by atoms with van der Waals surface area (Å²) >= 11 is 0. The minimum absolute atomic E-state index is 0.296. The summed E-state index contributed by atoms with van der Waals surface area (Å²) < 4.78 is 0. The molecule has 0 spiro atoms. The molecule has 0 aromatic carbocycles. The predicted octanol–water partition coefficient (Wildman–Crippen LogP) is 6.20. The first-order chi connectivity index (χ1) is 12.8. The summed E-state index contributed by atoms with van der Waals surface area (Å²) in [6.07, 6.45) is 15.7. The van der Waals surface area contributed by atoms with Gasteiger partial charge in [-0.3, -0.25) is 9.59 Å². The maximum absolute atomic E-state index is 9.64. The predicted molar refractivity (Wildman–Crippen MR) is 113 cm³/mol. The number of hydrogen-bond acceptors (Lipinski definition) is 3. The fraction of sp³-hybridized carbons (Fsp3) is 0.818. The largest absolute Gasteiger partial charge is 0.481 e. The van der Waals surface area contributed by atoms with Gasteiger partial charge in [0.2, 0.25) is 0 Å². The lowest BCUT2D eigenvalue weighted by atomic mass is 10.1. The maximum atomic E-state index is 9.64. The molecule has 0 unspecified atom stereocenters. The summed E-state index contributed by atoms with van der Waals surface area (Å²) in [6, 6.07) is 0. The van der Waals surface area contributed by atoms with E-state index in [-0.39, 0.29) is 12.8 Å². The molecule has 0 atom stereocenters. The summed E-state index contributed by atoms with van der Waals surface area (Å²) in [5, 5.41) is 24.4. The monoisotopic (exact) mass is 388 g/mol. The van der Waals surface area contributed by atoms with Crippen molar-refractivity contribution < 1.29 is 24.9 Å². The Hall–Kier alpha value is -1.36. The fourth-order valence-corrected chi connectivity index (χ4v) is 2.17. The van der Waals surface area contributed by atoms with Gasteiger partial charge in [-0.2, -0.15) is 0 Å². The minimum Gasteiger partial charge on any atom is -0.481 e. The molecule has 5 heteroatoms. The smallest absolute Gasteiger partial charge is 0.303 e. The Morgan fingerprint density at radius 1 is 0.667 bits per heavy atom. The third kappa shape index (κ3) is 51.6. The number of carboxylic acid groups (broad SMARTS) is 2. The van der Waals surface area contributed by atoms with Crippen molar-refractivity contribution in [1.29, 1.82) is 0 Å². The van der Waals surface area contributed by atoms with Gasteiger partial charge in [0.1, 0.15) is 0 Å². The van der Waals surface area contributed by atoms with E-state index in [1.54, 1.807) is 0 Å². The molecule has 0 fully saturated rings. The van der Waals surface area contributed by atoms with Crippen LogP contribution in [0.1, 0.15) is 111 Å². The molecule has 0 aliphatic rings. The summed E-state index contributed by atoms with van der Waals surface area (Å²) in [4.78, 5) is 19.3. The highest BCUT2D eigenvalue weighted by atomic mass is 16.4. The second-order valence-electron chi connectivity index (χ2n) is 7.11. The van der Waals surface area contributed by atoms with E-state index in [9.17, 15) is 9.59 Å². The molecule has 0 radical (unpaired) electrons. The normalized spacial score (nSPS) is 9.48. The molecule has 0 amide bonds. The molecule has 0 aromatic rings. The highest BCUT2D eigenvalue weighted by Gasteiger charge is 2.00. The SMILES string of the molecule is C=C(C)C.CCCCCCCCCCCCCCO.O=C(O)CCC(=O)O. The molecule has 0 aliphatic heterocycles. The summed E-state index contributed by atoms with van der Waals surface area (Å²) in [6.45, 7) is 10.1. The Morgan fingerprint density at radius 3 is 1.15 bits per heavy atom. The number of hydrogen-bond donors (Lipinski definition) is 3. The van der Waals surface area contributed by atoms with Crippen molar-refractivity contribution in [3.63, 3.8) is 0 Å². The van der Waals surface area contributed by atoms with E-state index in [2.05, 4.69) is 13.5 Å². The molecule has 0 aliphatic carbocycles. The van der Waals surface area contributed by atoms with E-state index in [0.29, 0.717) is 6.61 Å². The van der Waals surface area contributed by atoms with Crippen molar-refractivity contribution in [3.05, 3.63) is 12.2 Å². The van der Waals surface area contributed by atoms with Gasteiger partial charge in [-0.05, 0) is 20.3 Å². The van der Waals surface area contributed by atoms with E-state index < -0.39 is 11.9 Å². The van der Waals surface area contributed by atoms with E-state index >= 15 is 0 Å². The van der Waals surface area contributed by atoms with Crippen LogP contribution in [-0.4, -0.2) is 33.9 Å². The zero-order valence-electron chi connectivity index (χ0n) is 18.0. The van der Waals surface area contributed by atoms with Crippen LogP contribution in [0.25, 0.3) is 0 Å². The average Bonchev–Trinajstić information content (AvgIpc) is 2.58. The molecule has 0 bridgehead atoms. The van der Waals surface area contributed by atoms with Gasteiger partial charge < -0.3 is 15.3 Å². The van der Waals surface area contributed by atoms with Crippen LogP contribution < -0.4 is 0 Å². The Labute approximate surface area is 166 Å². The Kier molecular flexibility index (Phi) is 30.2. The summed E-state index contributed by atoms with van der Waals surface area (Å²) in [5.41, 5.74) is 1.17. The Bertz CT molecular complexity index is 310. The first-order valence-corrected chi connectivity index (χ1v) is 10.4. The number of aliphatic carboxylic acids is 2. The topological polar surface area (TPSA) is 94.8 Å². The van der Waals surface area contributed by atoms with E-state index in [0.717, 1.165) is 6.42 Å². The van der Waals surface area contributed by atoms with Crippen LogP contribution in [0.2, 0.25) is 0 Å². The van der Waals surface area contributed by atoms with E-state index in [1.807, 2.05) is 13.8 Å². The zero-order valence-corrected chi connectivity index (χ0v) is 18.0. The van der Waals surface area contributed by atoms with E-state index in [1.165, 1.54) is 76.2 Å². The van der Waals surface area contributed by atoms with Crippen LogP contribution in [0.3, 0.4) is 0 Å². The summed E-state index contributed by atoms with van der Waals surface area (Å²) in [5.74, 6) is -2.15. The number of aliphatic hydroxyl groups excluding tert-OH is 1. The number of carboxylic acids is 2. The van der Waals surface area contributed by atoms with Crippen molar-refractivity contribution >= 4 is 11.9 Å². The van der Waals surface area contributed by atoms with Crippen LogP contribution in [0.5, 0.6) is 0 Å². The molecule has 162 valence electrons. The standard InChI is InChI=1S/C14H30O.C4H6O4.C4H8/c1-2-3-4-5-6-7-8-9-10-11-12-13-14-15;5-3(6)1-2-4(7)8;1-4(2)3/h15H,2-14H2,1H3;1-2H2,(H,5,6)(H,7,8);1H2,2-3H3. The van der Waals surface area contributed by atoms with Crippen molar-refractivity contribution in [2.75, 3.05) is 6.61 Å². The number of allylic oxidation sites excluding steroid dienone is 1. The third-order valence-corrected chi connectivity index (χ3v) is 3.56. The summed E-state index contributed by atoms with van der Waals surface area (Å²) in [7, 11) is 0. The van der Waals surface area contributed by atoms with Crippen LogP contribution in [-0.2, 0) is 9.59 Å². The van der Waals surface area contributed by atoms with Crippen LogP contribution >= 0.6 is 0 Å². The van der Waals surface area contributed by atoms with Crippen LogP contribution in [0, 0.1) is 0 Å². The maximum Gasteiger partial charge on any atom is 0.303 e. The first kappa shape index (κ1) is 30.4. The van der Waals surface area contributed by atoms with Gasteiger partial charge in [-0.15, -0.1) is 6.58 Å². The average molecular weight is 389 g/mol. The Morgan fingerprint density at radius 2 is 0.926 bits per heavy atom. The van der Waals surface area contributed by atoms with Gasteiger partial charge in [0.25, 0.3) is 0 Å². The van der Waals surface area contributed by atoms with Crippen molar-refractivity contribution in [2.45, 2.75) is 111 Å². The Balaban J connectivity index is -0.000000400. The van der Waals surface area contributed by atoms with Gasteiger partial charge in [0.05, 0.1) is 12.8 Å². The zero-order chi connectivity index (χ0) is 21.3. The van der Waals surface area contributed by atoms with Crippen molar-refractivity contribution in [2.24, 2.45) is 0 Å². The lowest BCUT2D eigenvalue weighted by molar-refractivity contribution is -0.143. The number of aliphatic hydroxyl groups is 1. The van der Waals surface area contributed by atoms with Gasteiger partial charge in [-0.25, -0.2) is 0 Å². The number of rotatable bonds is 15. The highest BCUT2D eigenvalue weighted by molar-refractivity contribution is 5.75. The molecule has 0 saturated carbocycles. The molecule has 5 nitrogen and oxygen atoms in total. The number of unbranched alkanes of at least 4 members (excludes halogenated alkanes) is 11. The van der Waals surface area contributed by atoms with Gasteiger partial charge in [0, 0.05) is 6.61 Å². The molecule has 0 heterocycles. The minimum atomic E-state index is -1.08. The first-order valence-electron chi connectivity index (χ1n) is 10.4. The molecular formula is C22H44O5. The van der Waals surface area contributed by atoms with Crippen molar-refractivity contribution in [3.8, 4) is 0 Å². The van der Waals surface area contributed by atoms with Gasteiger partial charge in [-0.1, -0.05) is 83.1 Å². The van der Waals surface area contributed by atoms with E-state index in [4.69, 9.17) is 15.3 Å². The molecular weight excluding hydrogens is 344 g/mol. The molecule has 27 heavy (non-hydrogen) atoms. The molecule has 0 rings (SSSR count). The second kappa shape index (κ2) is 26.9. The third-order valence-electron chi connectivity index (χ3n) is 3.56. The number of carbonyl (C=O) groups is 2. The quantitative estimate of drug-likeness (QED) is 0.229. The lowest BCUT2D eigenvalue weighted by Gasteiger charge is -2.01. The highest BCUT2D eigenvalue weighted by Crippen LogP contribution is 2.11. The van der Waals surface area contributed by atoms with Crippen LogP contribution in [0.15, 0.2) is 12.2 Å². The molecule has 3 N–H and O–H groups in total. The van der Waals surface area contributed by atoms with Gasteiger partial charge in [0.15, 0.2) is 0 Å². The van der Waals surface area contributed by atoms with Crippen molar-refractivity contribution in [1.82, 2.24) is 0 Å². The van der Waals surface area contributed by atoms with Gasteiger partial charge >= 0.3 is 11.9 Å². The molecule has 0 aromatic heterocycles. The fourth-order valence-electron chi connectivity index (χ4n) is 2.17. The second-order valence-corrected chi connectivity index (χ2v) is 7.11. The van der Waals surface area contributed by atoms with Crippen LogP contribution in [0.4, 0.5) is 0 Å². The lowest BCUT2D eigenvalue weighted by Crippen LogP contribution is -2.00. The molecule has 0 saturated heterocycles.